The van der Waals surface area contributed by atoms with Gasteiger partial charge in [-0.1, -0.05) is 13.3 Å². The van der Waals surface area contributed by atoms with Crippen LogP contribution < -0.4 is 10.6 Å². The zero-order valence-corrected chi connectivity index (χ0v) is 12.2. The number of hydrogen-bond acceptors (Lipinski definition) is 3. The summed E-state index contributed by atoms with van der Waals surface area (Å²) in [5.41, 5.74) is 0. The summed E-state index contributed by atoms with van der Waals surface area (Å²) < 4.78 is 5.39. The molecule has 1 aliphatic rings. The third kappa shape index (κ3) is 6.75. The maximum Gasteiger partial charge on any atom is 0.315 e. The van der Waals surface area contributed by atoms with Crippen LogP contribution in [0.15, 0.2) is 0 Å². The first-order valence-corrected chi connectivity index (χ1v) is 7.48. The zero-order valence-electron chi connectivity index (χ0n) is 12.2. The maximum atomic E-state index is 11.6. The fraction of sp³-hybridized carbons (Fsp3) is 0.857. The summed E-state index contributed by atoms with van der Waals surface area (Å²) in [6.45, 7) is 4.13. The summed E-state index contributed by atoms with van der Waals surface area (Å²) in [7, 11) is 0. The van der Waals surface area contributed by atoms with Gasteiger partial charge in [0, 0.05) is 25.8 Å². The van der Waals surface area contributed by atoms with Crippen LogP contribution in [0.1, 0.15) is 45.4 Å². The van der Waals surface area contributed by atoms with Gasteiger partial charge >= 0.3 is 12.0 Å². The Kier molecular flexibility index (Phi) is 8.02. The van der Waals surface area contributed by atoms with Crippen LogP contribution in [0, 0.1) is 5.92 Å². The van der Waals surface area contributed by atoms with Gasteiger partial charge in [0.1, 0.15) is 0 Å². The average molecular weight is 286 g/mol. The summed E-state index contributed by atoms with van der Waals surface area (Å²) in [5.74, 6) is -1.08. The monoisotopic (exact) mass is 286 g/mol. The number of aliphatic carboxylic acids is 1. The number of carbonyl (C=O) groups is 2. The first-order valence-electron chi connectivity index (χ1n) is 7.48. The summed E-state index contributed by atoms with van der Waals surface area (Å²) in [4.78, 5) is 22.4. The summed E-state index contributed by atoms with van der Waals surface area (Å²) >= 11 is 0. The minimum atomic E-state index is -0.765. The van der Waals surface area contributed by atoms with E-state index in [1.165, 1.54) is 0 Å². The minimum absolute atomic E-state index is 0.0168. The Labute approximate surface area is 120 Å². The van der Waals surface area contributed by atoms with Gasteiger partial charge in [-0.3, -0.25) is 4.79 Å². The Hall–Kier alpha value is -1.30. The first kappa shape index (κ1) is 16.8. The molecule has 0 aromatic rings. The van der Waals surface area contributed by atoms with Crippen molar-refractivity contribution >= 4 is 12.0 Å². The van der Waals surface area contributed by atoms with E-state index in [2.05, 4.69) is 17.6 Å². The molecule has 2 amide bonds. The number of unbranched alkanes of at least 4 members (excludes halogenated alkanes) is 1. The van der Waals surface area contributed by atoms with Crippen LogP contribution in [-0.2, 0) is 9.53 Å². The van der Waals surface area contributed by atoms with Gasteiger partial charge < -0.3 is 20.5 Å². The highest BCUT2D eigenvalue weighted by molar-refractivity contribution is 5.75. The third-order valence-corrected chi connectivity index (χ3v) is 3.51. The number of nitrogens with one attached hydrogen (secondary N) is 2. The van der Waals surface area contributed by atoms with E-state index < -0.39 is 5.97 Å². The van der Waals surface area contributed by atoms with Crippen LogP contribution in [0.3, 0.4) is 0 Å². The van der Waals surface area contributed by atoms with Gasteiger partial charge in [-0.2, -0.15) is 0 Å². The summed E-state index contributed by atoms with van der Waals surface area (Å²) in [6, 6.07) is -0.230. The van der Waals surface area contributed by atoms with Crippen molar-refractivity contribution in [1.82, 2.24) is 10.6 Å². The number of carboxylic acid groups (broad SMARTS) is 1. The van der Waals surface area contributed by atoms with Gasteiger partial charge in [0.15, 0.2) is 0 Å². The van der Waals surface area contributed by atoms with Gasteiger partial charge in [-0.15, -0.1) is 0 Å². The van der Waals surface area contributed by atoms with Crippen molar-refractivity contribution in [2.45, 2.75) is 51.5 Å². The van der Waals surface area contributed by atoms with Crippen LogP contribution in [0.4, 0.5) is 4.79 Å². The predicted molar refractivity (Wildman–Crippen MR) is 75.6 cm³/mol. The normalized spacial score (nSPS) is 21.6. The topological polar surface area (TPSA) is 87.7 Å². The van der Waals surface area contributed by atoms with Crippen molar-refractivity contribution in [1.29, 1.82) is 0 Å². The number of rotatable bonds is 9. The van der Waals surface area contributed by atoms with Crippen molar-refractivity contribution in [3.63, 3.8) is 0 Å². The Balaban J connectivity index is 2.00. The Morgan fingerprint density at radius 3 is 2.65 bits per heavy atom. The molecule has 1 rings (SSSR count). The van der Waals surface area contributed by atoms with E-state index in [-0.39, 0.29) is 18.0 Å². The Bertz CT molecular complexity index is 310. The number of amides is 2. The molecule has 0 aromatic carbocycles. The van der Waals surface area contributed by atoms with E-state index in [1.54, 1.807) is 0 Å². The fourth-order valence-corrected chi connectivity index (χ4v) is 2.30. The standard InChI is InChI=1S/C14H26N2O4/c1-2-3-8-20-9-4-7-15-14(19)16-12-6-5-11(10-12)13(17)18/h11-12H,2-10H2,1H3,(H,17,18)(H2,15,16,19). The molecule has 6 nitrogen and oxygen atoms in total. The molecule has 1 saturated carbocycles. The van der Waals surface area contributed by atoms with Gasteiger partial charge in [0.25, 0.3) is 0 Å². The number of hydrogen-bond donors (Lipinski definition) is 3. The van der Waals surface area contributed by atoms with Gasteiger partial charge in [-0.05, 0) is 32.1 Å². The molecule has 0 aliphatic heterocycles. The van der Waals surface area contributed by atoms with Crippen LogP contribution in [-0.4, -0.2) is 42.9 Å². The molecule has 0 saturated heterocycles. The highest BCUT2D eigenvalue weighted by Gasteiger charge is 2.30. The lowest BCUT2D eigenvalue weighted by Gasteiger charge is -2.13. The fourth-order valence-electron chi connectivity index (χ4n) is 2.30. The molecular formula is C14H26N2O4. The number of carboxylic acids is 1. The average Bonchev–Trinajstić information content (AvgIpc) is 2.86. The molecule has 3 N–H and O–H groups in total. The van der Waals surface area contributed by atoms with E-state index in [9.17, 15) is 9.59 Å². The molecule has 0 heterocycles. The lowest BCUT2D eigenvalue weighted by atomic mass is 10.1. The second-order valence-corrected chi connectivity index (χ2v) is 5.26. The molecule has 1 fully saturated rings. The molecule has 1 aliphatic carbocycles. The SMILES string of the molecule is CCCCOCCCNC(=O)NC1CCC(C(=O)O)C1. The number of ether oxygens (including phenoxy) is 1. The molecule has 2 unspecified atom stereocenters. The van der Waals surface area contributed by atoms with Crippen molar-refractivity contribution in [2.24, 2.45) is 5.92 Å². The summed E-state index contributed by atoms with van der Waals surface area (Å²) in [5, 5.41) is 14.5. The second-order valence-electron chi connectivity index (χ2n) is 5.26. The lowest BCUT2D eigenvalue weighted by Crippen LogP contribution is -2.41. The Morgan fingerprint density at radius 2 is 2.00 bits per heavy atom. The summed E-state index contributed by atoms with van der Waals surface area (Å²) in [6.07, 6.45) is 4.90. The molecule has 0 aromatic heterocycles. The number of urea groups is 1. The van der Waals surface area contributed by atoms with Gasteiger partial charge in [0.2, 0.25) is 0 Å². The van der Waals surface area contributed by atoms with E-state index >= 15 is 0 Å². The largest absolute Gasteiger partial charge is 0.481 e. The van der Waals surface area contributed by atoms with Crippen LogP contribution in [0.5, 0.6) is 0 Å². The molecule has 2 atom stereocenters. The van der Waals surface area contributed by atoms with Crippen molar-refractivity contribution < 1.29 is 19.4 Å². The van der Waals surface area contributed by atoms with Gasteiger partial charge in [-0.25, -0.2) is 4.79 Å². The van der Waals surface area contributed by atoms with Crippen molar-refractivity contribution in [3.05, 3.63) is 0 Å². The quantitative estimate of drug-likeness (QED) is 0.563. The minimum Gasteiger partial charge on any atom is -0.481 e. The van der Waals surface area contributed by atoms with Gasteiger partial charge in [0.05, 0.1) is 5.92 Å². The molecular weight excluding hydrogens is 260 g/mol. The predicted octanol–water partition coefficient (Wildman–Crippen LogP) is 1.75. The van der Waals surface area contributed by atoms with Crippen molar-refractivity contribution in [3.8, 4) is 0 Å². The van der Waals surface area contributed by atoms with E-state index in [0.29, 0.717) is 26.0 Å². The van der Waals surface area contributed by atoms with E-state index in [4.69, 9.17) is 9.84 Å². The van der Waals surface area contributed by atoms with E-state index in [0.717, 1.165) is 32.3 Å². The smallest absolute Gasteiger partial charge is 0.315 e. The molecule has 20 heavy (non-hydrogen) atoms. The maximum absolute atomic E-state index is 11.6. The third-order valence-electron chi connectivity index (χ3n) is 3.51. The molecule has 0 radical (unpaired) electrons. The number of carbonyl (C=O) groups excluding carboxylic acids is 1. The van der Waals surface area contributed by atoms with E-state index in [1.807, 2.05) is 0 Å². The molecule has 0 bridgehead atoms. The highest BCUT2D eigenvalue weighted by Crippen LogP contribution is 2.25. The van der Waals surface area contributed by atoms with Crippen molar-refractivity contribution in [2.75, 3.05) is 19.8 Å². The van der Waals surface area contributed by atoms with Crippen LogP contribution in [0.25, 0.3) is 0 Å². The van der Waals surface area contributed by atoms with Crippen LogP contribution in [0.2, 0.25) is 0 Å². The molecule has 116 valence electrons. The zero-order chi connectivity index (χ0) is 14.8. The Morgan fingerprint density at radius 1 is 1.25 bits per heavy atom. The van der Waals surface area contributed by atoms with Crippen LogP contribution >= 0.6 is 0 Å². The second kappa shape index (κ2) is 9.58. The molecule has 0 spiro atoms. The highest BCUT2D eigenvalue weighted by atomic mass is 16.5. The first-order chi connectivity index (χ1) is 9.63. The molecule has 6 heteroatoms. The lowest BCUT2D eigenvalue weighted by molar-refractivity contribution is -0.141.